The molecule has 2 aromatic carbocycles. The normalized spacial score (nSPS) is 12.5. The van der Waals surface area contributed by atoms with Crippen LogP contribution in [0.15, 0.2) is 48.5 Å². The molecule has 31 heavy (non-hydrogen) atoms. The van der Waals surface area contributed by atoms with E-state index in [1.54, 1.807) is 18.2 Å². The lowest BCUT2D eigenvalue weighted by Gasteiger charge is -2.24. The zero-order valence-corrected chi connectivity index (χ0v) is 20.0. The molecule has 0 saturated heterocycles. The van der Waals surface area contributed by atoms with Crippen molar-refractivity contribution in [1.82, 2.24) is 5.32 Å². The van der Waals surface area contributed by atoms with Crippen molar-refractivity contribution in [3.8, 4) is 5.75 Å². The number of nitrogens with zero attached hydrogens (tertiary/aromatic N) is 1. The minimum Gasteiger partial charge on any atom is -0.495 e. The smallest absolute Gasteiger partial charge is 0.232 e. The van der Waals surface area contributed by atoms with Crippen LogP contribution in [0.3, 0.4) is 0 Å². The van der Waals surface area contributed by atoms with Crippen LogP contribution in [0.2, 0.25) is 5.02 Å². The van der Waals surface area contributed by atoms with Crippen molar-refractivity contribution in [1.29, 1.82) is 0 Å². The highest BCUT2D eigenvalue weighted by Crippen LogP contribution is 2.30. The van der Waals surface area contributed by atoms with E-state index < -0.39 is 10.0 Å². The summed E-state index contributed by atoms with van der Waals surface area (Å²) in [4.78, 5) is 12.6. The molecule has 8 heteroatoms. The molecule has 0 aromatic heterocycles. The first kappa shape index (κ1) is 25.0. The molecule has 0 aliphatic heterocycles. The van der Waals surface area contributed by atoms with Gasteiger partial charge in [0.15, 0.2) is 0 Å². The summed E-state index contributed by atoms with van der Waals surface area (Å²) in [5, 5.41) is 3.42. The van der Waals surface area contributed by atoms with Gasteiger partial charge in [0.1, 0.15) is 5.75 Å². The summed E-state index contributed by atoms with van der Waals surface area (Å²) in [6, 6.07) is 14.6. The van der Waals surface area contributed by atoms with E-state index >= 15 is 0 Å². The first-order valence-electron chi connectivity index (χ1n) is 10.3. The number of rotatable bonds is 11. The Hall–Kier alpha value is -2.25. The summed E-state index contributed by atoms with van der Waals surface area (Å²) in [6.07, 6.45) is 2.57. The maximum Gasteiger partial charge on any atom is 0.232 e. The van der Waals surface area contributed by atoms with Crippen molar-refractivity contribution >= 4 is 33.2 Å². The highest BCUT2D eigenvalue weighted by molar-refractivity contribution is 7.92. The second-order valence-corrected chi connectivity index (χ2v) is 10.2. The fourth-order valence-corrected chi connectivity index (χ4v) is 4.59. The topological polar surface area (TPSA) is 75.7 Å². The van der Waals surface area contributed by atoms with Crippen LogP contribution < -0.4 is 14.4 Å². The maximum atomic E-state index is 12.6. The van der Waals surface area contributed by atoms with Gasteiger partial charge in [-0.1, -0.05) is 55.8 Å². The molecule has 170 valence electrons. The van der Waals surface area contributed by atoms with Crippen LogP contribution >= 0.6 is 11.6 Å². The van der Waals surface area contributed by atoms with Crippen molar-refractivity contribution in [3.63, 3.8) is 0 Å². The molecule has 0 aliphatic rings. The fraction of sp³-hybridized carbons (Fsp3) is 0.435. The Labute approximate surface area is 190 Å². The van der Waals surface area contributed by atoms with Gasteiger partial charge in [-0.3, -0.25) is 9.10 Å². The number of benzene rings is 2. The Bertz CT molecular complexity index is 965. The van der Waals surface area contributed by atoms with Crippen LogP contribution in [-0.4, -0.2) is 34.2 Å². The Kier molecular flexibility index (Phi) is 9.19. The summed E-state index contributed by atoms with van der Waals surface area (Å²) < 4.78 is 31.0. The monoisotopic (exact) mass is 466 g/mol. The Morgan fingerprint density at radius 2 is 1.84 bits per heavy atom. The zero-order valence-electron chi connectivity index (χ0n) is 18.5. The number of anilines is 1. The molecule has 0 aliphatic carbocycles. The third-order valence-corrected chi connectivity index (χ3v) is 6.32. The van der Waals surface area contributed by atoms with E-state index in [1.165, 1.54) is 11.4 Å². The number of carbonyl (C=O) groups excluding carboxylic acids is 1. The molecule has 0 fully saturated rings. The Morgan fingerprint density at radius 1 is 1.16 bits per heavy atom. The zero-order chi connectivity index (χ0) is 23.0. The van der Waals surface area contributed by atoms with E-state index in [1.807, 2.05) is 30.3 Å². The highest BCUT2D eigenvalue weighted by atomic mass is 35.5. The molecule has 1 atom stereocenters. The fourth-order valence-electron chi connectivity index (χ4n) is 3.38. The average molecular weight is 467 g/mol. The number of hydrogen-bond donors (Lipinski definition) is 1. The number of sulfonamides is 1. The van der Waals surface area contributed by atoms with E-state index in [0.29, 0.717) is 28.8 Å². The van der Waals surface area contributed by atoms with E-state index in [9.17, 15) is 13.2 Å². The van der Waals surface area contributed by atoms with Crippen molar-refractivity contribution in [2.45, 2.75) is 39.2 Å². The third kappa shape index (κ3) is 7.74. The number of hydrogen-bond acceptors (Lipinski definition) is 4. The second kappa shape index (κ2) is 11.4. The molecule has 2 rings (SSSR count). The van der Waals surface area contributed by atoms with Crippen LogP contribution in [-0.2, 0) is 14.8 Å². The standard InChI is InChI=1S/C23H31ClN2O4S/c1-17(2)15-21(18-9-6-5-7-10-18)25-23(27)11-8-14-26(31(4,28)29)19-12-13-22(30-3)20(24)16-19/h5-7,9-10,12-13,16-17,21H,8,11,14-15H2,1-4H3,(H,25,27)/t21-/m0/s1. The van der Waals surface area contributed by atoms with Gasteiger partial charge in [0.25, 0.3) is 0 Å². The lowest BCUT2D eigenvalue weighted by atomic mass is 9.97. The molecule has 6 nitrogen and oxygen atoms in total. The van der Waals surface area contributed by atoms with Gasteiger partial charge in [-0.15, -0.1) is 0 Å². The quantitative estimate of drug-likeness (QED) is 0.516. The number of nitrogens with one attached hydrogen (secondary N) is 1. The van der Waals surface area contributed by atoms with Crippen LogP contribution in [0.1, 0.15) is 44.7 Å². The summed E-state index contributed by atoms with van der Waals surface area (Å²) in [5.41, 5.74) is 1.51. The number of methoxy groups -OCH3 is 1. The molecular weight excluding hydrogens is 436 g/mol. The largest absolute Gasteiger partial charge is 0.495 e. The number of halogens is 1. The molecule has 1 amide bonds. The molecule has 2 aromatic rings. The van der Waals surface area contributed by atoms with Crippen LogP contribution in [0.25, 0.3) is 0 Å². The van der Waals surface area contributed by atoms with Crippen molar-refractivity contribution < 1.29 is 17.9 Å². The van der Waals surface area contributed by atoms with Crippen LogP contribution in [0.4, 0.5) is 5.69 Å². The molecule has 0 unspecified atom stereocenters. The van der Waals surface area contributed by atoms with Gasteiger partial charge in [0.2, 0.25) is 15.9 Å². The van der Waals surface area contributed by atoms with Gasteiger partial charge >= 0.3 is 0 Å². The van der Waals surface area contributed by atoms with Gasteiger partial charge in [0, 0.05) is 13.0 Å². The number of carbonyl (C=O) groups is 1. The first-order chi connectivity index (χ1) is 14.6. The van der Waals surface area contributed by atoms with E-state index in [4.69, 9.17) is 16.3 Å². The Balaban J connectivity index is 2.02. The summed E-state index contributed by atoms with van der Waals surface area (Å²) in [7, 11) is -2.04. The lowest BCUT2D eigenvalue weighted by molar-refractivity contribution is -0.122. The molecule has 0 saturated carbocycles. The SMILES string of the molecule is COc1ccc(N(CCCC(=O)N[C@@H](CC(C)C)c2ccccc2)S(C)(=O)=O)cc1Cl. The van der Waals surface area contributed by atoms with Crippen molar-refractivity contribution in [2.75, 3.05) is 24.2 Å². The third-order valence-electron chi connectivity index (χ3n) is 4.83. The van der Waals surface area contributed by atoms with Crippen LogP contribution in [0.5, 0.6) is 5.75 Å². The number of ether oxygens (including phenoxy) is 1. The Morgan fingerprint density at radius 3 is 2.39 bits per heavy atom. The van der Waals surface area contributed by atoms with Gasteiger partial charge < -0.3 is 10.1 Å². The predicted molar refractivity (Wildman–Crippen MR) is 126 cm³/mol. The first-order valence-corrected chi connectivity index (χ1v) is 12.5. The second-order valence-electron chi connectivity index (χ2n) is 7.92. The highest BCUT2D eigenvalue weighted by Gasteiger charge is 2.20. The van der Waals surface area contributed by atoms with Gasteiger partial charge in [-0.25, -0.2) is 8.42 Å². The molecule has 0 heterocycles. The number of amides is 1. The van der Waals surface area contributed by atoms with Crippen LogP contribution in [0, 0.1) is 5.92 Å². The lowest BCUT2D eigenvalue weighted by Crippen LogP contribution is -2.33. The summed E-state index contributed by atoms with van der Waals surface area (Å²) in [5.74, 6) is 0.789. The van der Waals surface area contributed by atoms with Gasteiger partial charge in [-0.2, -0.15) is 0 Å². The molecule has 0 bridgehead atoms. The van der Waals surface area contributed by atoms with E-state index in [-0.39, 0.29) is 24.9 Å². The van der Waals surface area contributed by atoms with E-state index in [0.717, 1.165) is 18.2 Å². The average Bonchev–Trinajstić information content (AvgIpc) is 2.70. The molecule has 1 N–H and O–H groups in total. The molecule has 0 radical (unpaired) electrons. The minimum absolute atomic E-state index is 0.0693. The summed E-state index contributed by atoms with van der Waals surface area (Å²) >= 11 is 6.15. The van der Waals surface area contributed by atoms with Gasteiger partial charge in [0.05, 0.1) is 30.1 Å². The van der Waals surface area contributed by atoms with Gasteiger partial charge in [-0.05, 0) is 42.5 Å². The minimum atomic E-state index is -3.53. The summed E-state index contributed by atoms with van der Waals surface area (Å²) in [6.45, 7) is 4.41. The predicted octanol–water partition coefficient (Wildman–Crippen LogP) is 4.80. The van der Waals surface area contributed by atoms with Crippen molar-refractivity contribution in [3.05, 3.63) is 59.1 Å². The van der Waals surface area contributed by atoms with E-state index in [2.05, 4.69) is 19.2 Å². The molecule has 0 spiro atoms. The van der Waals surface area contributed by atoms with Crippen molar-refractivity contribution in [2.24, 2.45) is 5.92 Å². The molecular formula is C23H31ClN2O4S. The maximum absolute atomic E-state index is 12.6.